The predicted molar refractivity (Wildman–Crippen MR) is 66.8 cm³/mol. The summed E-state index contributed by atoms with van der Waals surface area (Å²) in [5.74, 6) is 1.98. The monoisotopic (exact) mass is 253 g/mol. The molecule has 1 aromatic carbocycles. The molecule has 0 fully saturated rings. The Morgan fingerprint density at radius 2 is 2.12 bits per heavy atom. The summed E-state index contributed by atoms with van der Waals surface area (Å²) in [4.78, 5) is 12.2. The van der Waals surface area contributed by atoms with Gasteiger partial charge in [0.1, 0.15) is 0 Å². The number of rotatable bonds is 3. The molecule has 0 saturated carbocycles. The lowest BCUT2D eigenvalue weighted by atomic mass is 10.3. The first-order valence-electron chi connectivity index (χ1n) is 5.52. The summed E-state index contributed by atoms with van der Waals surface area (Å²) >= 11 is 1.49. The Balaban J connectivity index is 2.04. The molecule has 0 saturated heterocycles. The summed E-state index contributed by atoms with van der Waals surface area (Å²) in [5, 5.41) is 2.59. The van der Waals surface area contributed by atoms with Gasteiger partial charge in [-0.25, -0.2) is 0 Å². The highest BCUT2D eigenvalue weighted by Crippen LogP contribution is 2.33. The van der Waals surface area contributed by atoms with Crippen LogP contribution in [-0.2, 0) is 4.79 Å². The minimum absolute atomic E-state index is 0.0158. The van der Waals surface area contributed by atoms with Crippen LogP contribution in [0.2, 0.25) is 0 Å². The maximum atomic E-state index is 11.1. The molecule has 4 nitrogen and oxygen atoms in total. The van der Waals surface area contributed by atoms with E-state index in [9.17, 15) is 4.79 Å². The van der Waals surface area contributed by atoms with Gasteiger partial charge >= 0.3 is 0 Å². The summed E-state index contributed by atoms with van der Waals surface area (Å²) in [6.07, 6.45) is 0.898. The fourth-order valence-electron chi connectivity index (χ4n) is 1.45. The average molecular weight is 253 g/mol. The molecule has 0 bridgehead atoms. The lowest BCUT2D eigenvalue weighted by Crippen LogP contribution is -2.19. The zero-order valence-corrected chi connectivity index (χ0v) is 10.5. The van der Waals surface area contributed by atoms with E-state index in [0.29, 0.717) is 19.0 Å². The zero-order chi connectivity index (χ0) is 12.1. The van der Waals surface area contributed by atoms with Crippen LogP contribution >= 0.6 is 11.8 Å². The summed E-state index contributed by atoms with van der Waals surface area (Å²) in [5.41, 5.74) is 0. The molecule has 1 N–H and O–H groups in total. The van der Waals surface area contributed by atoms with Gasteiger partial charge in [-0.05, 0) is 18.2 Å². The maximum absolute atomic E-state index is 11.1. The Hall–Kier alpha value is -1.36. The number of nitrogens with one attached hydrogen (secondary N) is 1. The normalized spacial score (nSPS) is 13.9. The maximum Gasteiger partial charge on any atom is 0.230 e. The molecule has 0 spiro atoms. The predicted octanol–water partition coefficient (Wildman–Crippen LogP) is 1.69. The molecule has 1 amide bonds. The van der Waals surface area contributed by atoms with Crippen molar-refractivity contribution >= 4 is 17.7 Å². The smallest absolute Gasteiger partial charge is 0.230 e. The van der Waals surface area contributed by atoms with E-state index in [-0.39, 0.29) is 5.91 Å². The van der Waals surface area contributed by atoms with Crippen LogP contribution < -0.4 is 14.8 Å². The SMILES string of the molecule is CNC(=O)CSc1ccc2c(c1)OCCCO2. The van der Waals surface area contributed by atoms with Crippen LogP contribution in [0.15, 0.2) is 23.1 Å². The van der Waals surface area contributed by atoms with Gasteiger partial charge in [-0.15, -0.1) is 11.8 Å². The second-order valence-corrected chi connectivity index (χ2v) is 4.67. The van der Waals surface area contributed by atoms with Crippen molar-refractivity contribution in [3.05, 3.63) is 18.2 Å². The van der Waals surface area contributed by atoms with Crippen molar-refractivity contribution in [3.63, 3.8) is 0 Å². The molecule has 0 aliphatic carbocycles. The van der Waals surface area contributed by atoms with E-state index in [4.69, 9.17) is 9.47 Å². The second kappa shape index (κ2) is 5.82. The third kappa shape index (κ3) is 3.30. The summed E-state index contributed by atoms with van der Waals surface area (Å²) in [6.45, 7) is 1.37. The van der Waals surface area contributed by atoms with Gasteiger partial charge in [0.2, 0.25) is 5.91 Å². The Morgan fingerprint density at radius 1 is 1.35 bits per heavy atom. The molecule has 0 aromatic heterocycles. The van der Waals surface area contributed by atoms with Gasteiger partial charge in [-0.1, -0.05) is 0 Å². The van der Waals surface area contributed by atoms with Crippen molar-refractivity contribution in [2.75, 3.05) is 26.0 Å². The minimum atomic E-state index is 0.0158. The van der Waals surface area contributed by atoms with Crippen molar-refractivity contribution < 1.29 is 14.3 Å². The number of hydrogen-bond acceptors (Lipinski definition) is 4. The molecule has 92 valence electrons. The third-order valence-electron chi connectivity index (χ3n) is 2.37. The number of amides is 1. The van der Waals surface area contributed by atoms with Crippen molar-refractivity contribution in [2.45, 2.75) is 11.3 Å². The highest BCUT2D eigenvalue weighted by Gasteiger charge is 2.11. The van der Waals surface area contributed by atoms with E-state index in [1.165, 1.54) is 11.8 Å². The number of carbonyl (C=O) groups excluding carboxylic acids is 1. The lowest BCUT2D eigenvalue weighted by Gasteiger charge is -2.08. The summed E-state index contributed by atoms with van der Waals surface area (Å²) in [7, 11) is 1.64. The van der Waals surface area contributed by atoms with Crippen molar-refractivity contribution in [1.82, 2.24) is 5.32 Å². The molecule has 0 atom stereocenters. The first-order chi connectivity index (χ1) is 8.29. The largest absolute Gasteiger partial charge is 0.490 e. The number of hydrogen-bond donors (Lipinski definition) is 1. The molecule has 2 rings (SSSR count). The number of thioether (sulfide) groups is 1. The van der Waals surface area contributed by atoms with Gasteiger partial charge in [-0.2, -0.15) is 0 Å². The molecule has 1 aromatic rings. The van der Waals surface area contributed by atoms with Gasteiger partial charge in [0.05, 0.1) is 19.0 Å². The van der Waals surface area contributed by atoms with Gasteiger partial charge in [-0.3, -0.25) is 4.79 Å². The van der Waals surface area contributed by atoms with Crippen LogP contribution in [0.1, 0.15) is 6.42 Å². The molecule has 5 heteroatoms. The van der Waals surface area contributed by atoms with E-state index in [1.807, 2.05) is 18.2 Å². The number of carbonyl (C=O) groups is 1. The average Bonchev–Trinajstić information content (AvgIpc) is 2.60. The van der Waals surface area contributed by atoms with Gasteiger partial charge < -0.3 is 14.8 Å². The van der Waals surface area contributed by atoms with Crippen LogP contribution in [0, 0.1) is 0 Å². The Bertz CT molecular complexity index is 409. The molecule has 1 heterocycles. The fraction of sp³-hybridized carbons (Fsp3) is 0.417. The quantitative estimate of drug-likeness (QED) is 0.833. The molecule has 1 aliphatic heterocycles. The van der Waals surface area contributed by atoms with Gasteiger partial charge in [0.25, 0.3) is 0 Å². The molecule has 0 radical (unpaired) electrons. The van der Waals surface area contributed by atoms with Crippen molar-refractivity contribution in [2.24, 2.45) is 0 Å². The van der Waals surface area contributed by atoms with Gasteiger partial charge in [0, 0.05) is 18.4 Å². The number of fused-ring (bicyclic) bond motifs is 1. The number of benzene rings is 1. The molecular formula is C12H15NO3S. The second-order valence-electron chi connectivity index (χ2n) is 3.62. The third-order valence-corrected chi connectivity index (χ3v) is 3.36. The first kappa shape index (κ1) is 12.1. The highest BCUT2D eigenvalue weighted by molar-refractivity contribution is 8.00. The minimum Gasteiger partial charge on any atom is -0.490 e. The van der Waals surface area contributed by atoms with Crippen LogP contribution in [0.4, 0.5) is 0 Å². The van der Waals surface area contributed by atoms with Crippen LogP contribution in [0.5, 0.6) is 11.5 Å². The zero-order valence-electron chi connectivity index (χ0n) is 9.69. The summed E-state index contributed by atoms with van der Waals surface area (Å²) < 4.78 is 11.1. The van der Waals surface area contributed by atoms with Crippen LogP contribution in [0.25, 0.3) is 0 Å². The van der Waals surface area contributed by atoms with Crippen LogP contribution in [-0.4, -0.2) is 31.9 Å². The molecule has 1 aliphatic rings. The standard InChI is InChI=1S/C12H15NO3S/c1-13-12(14)8-17-9-3-4-10-11(7-9)16-6-2-5-15-10/h3-4,7H,2,5-6,8H2,1H3,(H,13,14). The van der Waals surface area contributed by atoms with E-state index in [0.717, 1.165) is 22.8 Å². The Labute approximate surface area is 105 Å². The van der Waals surface area contributed by atoms with E-state index in [2.05, 4.69) is 5.32 Å². The Kier molecular flexibility index (Phi) is 4.14. The van der Waals surface area contributed by atoms with E-state index < -0.39 is 0 Å². The first-order valence-corrected chi connectivity index (χ1v) is 6.51. The van der Waals surface area contributed by atoms with E-state index in [1.54, 1.807) is 7.05 Å². The summed E-state index contributed by atoms with van der Waals surface area (Å²) in [6, 6.07) is 5.77. The van der Waals surface area contributed by atoms with Crippen LogP contribution in [0.3, 0.4) is 0 Å². The fourth-order valence-corrected chi connectivity index (χ4v) is 2.25. The topological polar surface area (TPSA) is 47.6 Å². The highest BCUT2D eigenvalue weighted by atomic mass is 32.2. The van der Waals surface area contributed by atoms with Crippen molar-refractivity contribution in [3.8, 4) is 11.5 Å². The molecule has 17 heavy (non-hydrogen) atoms. The number of ether oxygens (including phenoxy) is 2. The molecule has 0 unspecified atom stereocenters. The lowest BCUT2D eigenvalue weighted by molar-refractivity contribution is -0.118. The van der Waals surface area contributed by atoms with Crippen molar-refractivity contribution in [1.29, 1.82) is 0 Å². The van der Waals surface area contributed by atoms with E-state index >= 15 is 0 Å². The van der Waals surface area contributed by atoms with Gasteiger partial charge in [0.15, 0.2) is 11.5 Å². The Morgan fingerprint density at radius 3 is 2.88 bits per heavy atom. The molecular weight excluding hydrogens is 238 g/mol.